The molecule has 0 aromatic heterocycles. The summed E-state index contributed by atoms with van der Waals surface area (Å²) in [5.74, 6) is 0.719. The highest BCUT2D eigenvalue weighted by atomic mass is 79.9. The number of halogens is 1. The molecule has 2 nitrogen and oxygen atoms in total. The van der Waals surface area contributed by atoms with Crippen molar-refractivity contribution in [2.75, 3.05) is 6.61 Å². The van der Waals surface area contributed by atoms with Crippen molar-refractivity contribution in [3.63, 3.8) is 0 Å². The minimum absolute atomic E-state index is 0.0846. The smallest absolute Gasteiger partial charge is 0.174 e. The van der Waals surface area contributed by atoms with Crippen LogP contribution in [0.3, 0.4) is 0 Å². The number of hydrogen-bond acceptors (Lipinski definition) is 2. The third kappa shape index (κ3) is 3.24. The number of nitrogens with zero attached hydrogens (tertiary/aromatic N) is 1. The van der Waals surface area contributed by atoms with Gasteiger partial charge in [-0.15, -0.1) is 0 Å². The summed E-state index contributed by atoms with van der Waals surface area (Å²) in [7, 11) is 0. The fourth-order valence-corrected chi connectivity index (χ4v) is 2.26. The van der Waals surface area contributed by atoms with Gasteiger partial charge in [-0.25, -0.2) is 0 Å². The highest BCUT2D eigenvalue weighted by Gasteiger charge is 2.17. The van der Waals surface area contributed by atoms with Gasteiger partial charge in [0.1, 0.15) is 11.8 Å². The topological polar surface area (TPSA) is 33.0 Å². The largest absolute Gasteiger partial charge is 0.479 e. The molecule has 0 heterocycles. The Kier molecular flexibility index (Phi) is 3.76. The van der Waals surface area contributed by atoms with Crippen LogP contribution in [0.5, 0.6) is 5.75 Å². The quantitative estimate of drug-likeness (QED) is 0.820. The minimum Gasteiger partial charge on any atom is -0.479 e. The van der Waals surface area contributed by atoms with Crippen molar-refractivity contribution in [1.82, 2.24) is 0 Å². The van der Waals surface area contributed by atoms with Crippen molar-refractivity contribution in [3.05, 3.63) is 28.2 Å². The zero-order valence-corrected chi connectivity index (χ0v) is 10.8. The van der Waals surface area contributed by atoms with Crippen LogP contribution in [-0.4, -0.2) is 6.61 Å². The molecular formula is C12H14BrNO. The van der Waals surface area contributed by atoms with Crippen LogP contribution in [0.15, 0.2) is 22.7 Å². The second-order valence-corrected chi connectivity index (χ2v) is 5.19. The summed E-state index contributed by atoms with van der Waals surface area (Å²) in [6, 6.07) is 7.76. The Balaban J connectivity index is 2.94. The molecule has 1 rings (SSSR count). The van der Waals surface area contributed by atoms with E-state index >= 15 is 0 Å². The lowest BCUT2D eigenvalue weighted by atomic mass is 9.87. The van der Waals surface area contributed by atoms with E-state index in [9.17, 15) is 0 Å². The second kappa shape index (κ2) is 4.67. The first-order chi connectivity index (χ1) is 6.95. The molecule has 0 saturated heterocycles. The van der Waals surface area contributed by atoms with E-state index in [2.05, 4.69) is 36.7 Å². The molecule has 0 aliphatic rings. The maximum absolute atomic E-state index is 8.39. The molecule has 0 spiro atoms. The Morgan fingerprint density at radius 3 is 2.53 bits per heavy atom. The maximum atomic E-state index is 8.39. The first kappa shape index (κ1) is 12.1. The SMILES string of the molecule is CC(C)(C)c1ccc(OCC#N)cc1Br. The number of ether oxygens (including phenoxy) is 1. The fourth-order valence-electron chi connectivity index (χ4n) is 1.31. The van der Waals surface area contributed by atoms with Gasteiger partial charge in [-0.05, 0) is 23.1 Å². The summed E-state index contributed by atoms with van der Waals surface area (Å²) in [5.41, 5.74) is 1.33. The van der Waals surface area contributed by atoms with Crippen LogP contribution in [0.4, 0.5) is 0 Å². The molecule has 0 N–H and O–H groups in total. The Labute approximate surface area is 99.0 Å². The van der Waals surface area contributed by atoms with Crippen LogP contribution in [-0.2, 0) is 5.41 Å². The lowest BCUT2D eigenvalue weighted by Gasteiger charge is -2.21. The zero-order chi connectivity index (χ0) is 11.5. The molecule has 0 unspecified atom stereocenters. The second-order valence-electron chi connectivity index (χ2n) is 4.34. The van der Waals surface area contributed by atoms with Crippen molar-refractivity contribution >= 4 is 15.9 Å². The van der Waals surface area contributed by atoms with Gasteiger partial charge in [0.2, 0.25) is 0 Å². The van der Waals surface area contributed by atoms with Crippen molar-refractivity contribution in [2.45, 2.75) is 26.2 Å². The Morgan fingerprint density at radius 1 is 1.40 bits per heavy atom. The molecule has 0 fully saturated rings. The monoisotopic (exact) mass is 267 g/mol. The molecule has 1 aromatic carbocycles. The van der Waals surface area contributed by atoms with Crippen LogP contribution in [0.25, 0.3) is 0 Å². The third-order valence-electron chi connectivity index (χ3n) is 2.05. The summed E-state index contributed by atoms with van der Waals surface area (Å²) in [6.07, 6.45) is 0. The molecule has 3 heteroatoms. The lowest BCUT2D eigenvalue weighted by Crippen LogP contribution is -2.11. The summed E-state index contributed by atoms with van der Waals surface area (Å²) in [5, 5.41) is 8.39. The van der Waals surface area contributed by atoms with Gasteiger partial charge >= 0.3 is 0 Å². The molecule has 80 valence electrons. The van der Waals surface area contributed by atoms with Gasteiger partial charge in [-0.3, -0.25) is 0 Å². The molecule has 0 bridgehead atoms. The Morgan fingerprint density at radius 2 is 2.07 bits per heavy atom. The van der Waals surface area contributed by atoms with Crippen molar-refractivity contribution in [3.8, 4) is 11.8 Å². The van der Waals surface area contributed by atoms with Gasteiger partial charge in [0.15, 0.2) is 6.61 Å². The minimum atomic E-state index is 0.0846. The van der Waals surface area contributed by atoms with Gasteiger partial charge in [0.05, 0.1) is 0 Å². The van der Waals surface area contributed by atoms with E-state index in [1.54, 1.807) is 0 Å². The van der Waals surface area contributed by atoms with Gasteiger partial charge in [0.25, 0.3) is 0 Å². The van der Waals surface area contributed by atoms with E-state index in [1.807, 2.05) is 24.3 Å². The van der Waals surface area contributed by atoms with Crippen LogP contribution in [0.2, 0.25) is 0 Å². The predicted octanol–water partition coefficient (Wildman–Crippen LogP) is 3.65. The first-order valence-corrected chi connectivity index (χ1v) is 5.54. The number of nitriles is 1. The van der Waals surface area contributed by atoms with Gasteiger partial charge in [0, 0.05) is 4.47 Å². The number of hydrogen-bond donors (Lipinski definition) is 0. The number of benzene rings is 1. The Hall–Kier alpha value is -1.01. The summed E-state index contributed by atoms with van der Waals surface area (Å²) < 4.78 is 6.23. The molecule has 15 heavy (non-hydrogen) atoms. The van der Waals surface area contributed by atoms with Crippen molar-refractivity contribution in [1.29, 1.82) is 5.26 Å². The average Bonchev–Trinajstić information content (AvgIpc) is 2.12. The highest BCUT2D eigenvalue weighted by molar-refractivity contribution is 9.10. The molecule has 0 radical (unpaired) electrons. The summed E-state index contributed by atoms with van der Waals surface area (Å²) in [4.78, 5) is 0. The van der Waals surface area contributed by atoms with E-state index in [0.717, 1.165) is 10.2 Å². The molecule has 0 aliphatic carbocycles. The van der Waals surface area contributed by atoms with Crippen LogP contribution in [0.1, 0.15) is 26.3 Å². The average molecular weight is 268 g/mol. The maximum Gasteiger partial charge on any atom is 0.174 e. The van der Waals surface area contributed by atoms with Crippen molar-refractivity contribution in [2.24, 2.45) is 0 Å². The molecule has 0 amide bonds. The van der Waals surface area contributed by atoms with Gasteiger partial charge in [-0.1, -0.05) is 42.8 Å². The zero-order valence-electron chi connectivity index (χ0n) is 9.17. The molecule has 1 aromatic rings. The first-order valence-electron chi connectivity index (χ1n) is 4.75. The third-order valence-corrected chi connectivity index (χ3v) is 2.71. The van der Waals surface area contributed by atoms with Crippen LogP contribution >= 0.6 is 15.9 Å². The molecular weight excluding hydrogens is 254 g/mol. The summed E-state index contributed by atoms with van der Waals surface area (Å²) in [6.45, 7) is 6.55. The van der Waals surface area contributed by atoms with Gasteiger partial charge in [-0.2, -0.15) is 5.26 Å². The van der Waals surface area contributed by atoms with Gasteiger partial charge < -0.3 is 4.74 Å². The van der Waals surface area contributed by atoms with E-state index in [4.69, 9.17) is 10.00 Å². The lowest BCUT2D eigenvalue weighted by molar-refractivity contribution is 0.367. The molecule has 0 aliphatic heterocycles. The van der Waals surface area contributed by atoms with Crippen LogP contribution in [0, 0.1) is 11.3 Å². The number of rotatable bonds is 2. The summed E-state index contributed by atoms with van der Waals surface area (Å²) >= 11 is 3.51. The Bertz CT molecular complexity index is 388. The normalized spacial score (nSPS) is 10.9. The molecule has 0 saturated carbocycles. The standard InChI is InChI=1S/C12H14BrNO/c1-12(2,3)10-5-4-9(8-11(10)13)15-7-6-14/h4-5,8H,7H2,1-3H3. The van der Waals surface area contributed by atoms with Crippen LogP contribution < -0.4 is 4.74 Å². The van der Waals surface area contributed by atoms with Crippen molar-refractivity contribution < 1.29 is 4.74 Å². The molecule has 0 atom stereocenters. The van der Waals surface area contributed by atoms with E-state index in [-0.39, 0.29) is 12.0 Å². The fraction of sp³-hybridized carbons (Fsp3) is 0.417. The van der Waals surface area contributed by atoms with E-state index in [1.165, 1.54) is 5.56 Å². The van der Waals surface area contributed by atoms with E-state index in [0.29, 0.717) is 0 Å². The highest BCUT2D eigenvalue weighted by Crippen LogP contribution is 2.32. The van der Waals surface area contributed by atoms with E-state index < -0.39 is 0 Å². The predicted molar refractivity (Wildman–Crippen MR) is 64.0 cm³/mol.